The van der Waals surface area contributed by atoms with E-state index in [2.05, 4.69) is 10.6 Å². The summed E-state index contributed by atoms with van der Waals surface area (Å²) in [5, 5.41) is 7.22. The number of benzene rings is 2. The van der Waals surface area contributed by atoms with Crippen molar-refractivity contribution in [1.82, 2.24) is 10.6 Å². The smallest absolute Gasteiger partial charge is 0.410 e. The van der Waals surface area contributed by atoms with E-state index in [1.807, 2.05) is 42.5 Å². The van der Waals surface area contributed by atoms with Crippen LogP contribution in [0.25, 0.3) is 11.1 Å². The molecule has 2 atom stereocenters. The lowest BCUT2D eigenvalue weighted by Crippen LogP contribution is -2.42. The molecule has 2 aromatic rings. The average Bonchev–Trinajstić information content (AvgIpc) is 2.98. The van der Waals surface area contributed by atoms with Gasteiger partial charge in [-0.1, -0.05) is 41.9 Å². The molecule has 2 N–H and O–H groups in total. The molecule has 0 aromatic heterocycles. The Bertz CT molecular complexity index is 783. The van der Waals surface area contributed by atoms with Crippen molar-refractivity contribution in [2.75, 3.05) is 6.54 Å². The minimum Gasteiger partial charge on any atom is -0.410 e. The van der Waals surface area contributed by atoms with Crippen LogP contribution in [0.1, 0.15) is 25.7 Å². The van der Waals surface area contributed by atoms with Gasteiger partial charge in [-0.25, -0.2) is 4.79 Å². The fourth-order valence-corrected chi connectivity index (χ4v) is 4.35. The van der Waals surface area contributed by atoms with Crippen molar-refractivity contribution < 1.29 is 9.53 Å². The number of piperidine rings is 1. The van der Waals surface area contributed by atoms with Crippen molar-refractivity contribution >= 4 is 17.7 Å². The summed E-state index contributed by atoms with van der Waals surface area (Å²) in [4.78, 5) is 12.3. The van der Waals surface area contributed by atoms with Gasteiger partial charge in [0.25, 0.3) is 0 Å². The van der Waals surface area contributed by atoms with Crippen molar-refractivity contribution in [3.05, 3.63) is 53.6 Å². The zero-order chi connectivity index (χ0) is 17.9. The monoisotopic (exact) mass is 370 g/mol. The van der Waals surface area contributed by atoms with Gasteiger partial charge < -0.3 is 15.4 Å². The third kappa shape index (κ3) is 4.02. The molecule has 5 heteroatoms. The fraction of sp³-hybridized carbons (Fsp3) is 0.381. The Morgan fingerprint density at radius 1 is 1.12 bits per heavy atom. The van der Waals surface area contributed by atoms with Gasteiger partial charge in [-0.2, -0.15) is 0 Å². The summed E-state index contributed by atoms with van der Waals surface area (Å²) in [6.07, 6.45) is 4.40. The SMILES string of the molecule is O=C(NCC1CC2CCC(C1)N2)Oc1ccccc1-c1cccc(Cl)c1. The predicted octanol–water partition coefficient (Wildman–Crippen LogP) is 4.63. The number of carbonyl (C=O) groups is 1. The minimum absolute atomic E-state index is 0.398. The quantitative estimate of drug-likeness (QED) is 0.825. The second-order valence-electron chi connectivity index (χ2n) is 7.25. The highest BCUT2D eigenvalue weighted by molar-refractivity contribution is 6.30. The third-order valence-electron chi connectivity index (χ3n) is 5.33. The normalized spacial score (nSPS) is 24.3. The number of carbonyl (C=O) groups excluding carboxylic acids is 1. The number of hydrogen-bond donors (Lipinski definition) is 2. The van der Waals surface area contributed by atoms with E-state index in [9.17, 15) is 4.79 Å². The molecule has 0 saturated carbocycles. The summed E-state index contributed by atoms with van der Waals surface area (Å²) >= 11 is 6.09. The molecular formula is C21H23ClN2O2. The second kappa shape index (κ2) is 7.68. The molecule has 0 spiro atoms. The molecular weight excluding hydrogens is 348 g/mol. The standard InChI is InChI=1S/C21H23ClN2O2/c22-16-5-3-4-15(12-16)19-6-1-2-7-20(19)26-21(25)23-13-14-10-17-8-9-18(11-14)24-17/h1-7,12,14,17-18,24H,8-11,13H2,(H,23,25). The van der Waals surface area contributed by atoms with Crippen LogP contribution in [-0.2, 0) is 0 Å². The highest BCUT2D eigenvalue weighted by atomic mass is 35.5. The molecule has 0 radical (unpaired) electrons. The molecule has 4 rings (SSSR count). The lowest BCUT2D eigenvalue weighted by molar-refractivity contribution is 0.195. The topological polar surface area (TPSA) is 50.4 Å². The van der Waals surface area contributed by atoms with Crippen molar-refractivity contribution in [2.45, 2.75) is 37.8 Å². The zero-order valence-electron chi connectivity index (χ0n) is 14.6. The van der Waals surface area contributed by atoms with E-state index in [-0.39, 0.29) is 0 Å². The number of halogens is 1. The first kappa shape index (κ1) is 17.4. The Morgan fingerprint density at radius 3 is 2.65 bits per heavy atom. The van der Waals surface area contributed by atoms with Gasteiger partial charge in [-0.05, 0) is 55.4 Å². The highest BCUT2D eigenvalue weighted by Crippen LogP contribution is 2.32. The molecule has 2 aliphatic rings. The van der Waals surface area contributed by atoms with E-state index in [1.165, 1.54) is 12.8 Å². The van der Waals surface area contributed by atoms with Crippen molar-refractivity contribution in [2.24, 2.45) is 5.92 Å². The van der Waals surface area contributed by atoms with Crippen LogP contribution in [0.5, 0.6) is 5.75 Å². The molecule has 1 amide bonds. The van der Waals surface area contributed by atoms with Crippen LogP contribution in [0.3, 0.4) is 0 Å². The summed E-state index contributed by atoms with van der Waals surface area (Å²) in [5.41, 5.74) is 1.78. The average molecular weight is 371 g/mol. The van der Waals surface area contributed by atoms with Gasteiger partial charge in [0.1, 0.15) is 5.75 Å². The van der Waals surface area contributed by atoms with Gasteiger partial charge in [-0.15, -0.1) is 0 Å². The first-order chi connectivity index (χ1) is 12.7. The summed E-state index contributed by atoms with van der Waals surface area (Å²) in [5.74, 6) is 1.07. The van der Waals surface area contributed by atoms with Crippen LogP contribution in [0.2, 0.25) is 5.02 Å². The lowest BCUT2D eigenvalue weighted by atomic mass is 9.92. The van der Waals surface area contributed by atoms with Gasteiger partial charge in [0.15, 0.2) is 0 Å². The van der Waals surface area contributed by atoms with Crippen molar-refractivity contribution in [1.29, 1.82) is 0 Å². The Morgan fingerprint density at radius 2 is 1.88 bits per heavy atom. The van der Waals surface area contributed by atoms with Gasteiger partial charge in [-0.3, -0.25) is 0 Å². The van der Waals surface area contributed by atoms with E-state index in [4.69, 9.17) is 16.3 Å². The molecule has 136 valence electrons. The largest absolute Gasteiger partial charge is 0.412 e. The lowest BCUT2D eigenvalue weighted by Gasteiger charge is -2.29. The van der Waals surface area contributed by atoms with Crippen LogP contribution in [0, 0.1) is 5.92 Å². The predicted molar refractivity (Wildman–Crippen MR) is 104 cm³/mol. The molecule has 2 aliphatic heterocycles. The van der Waals surface area contributed by atoms with Crippen LogP contribution in [-0.4, -0.2) is 24.7 Å². The van der Waals surface area contributed by atoms with Gasteiger partial charge in [0.05, 0.1) is 0 Å². The molecule has 2 fully saturated rings. The number of hydrogen-bond acceptors (Lipinski definition) is 3. The molecule has 2 aromatic carbocycles. The molecule has 26 heavy (non-hydrogen) atoms. The van der Waals surface area contributed by atoms with E-state index in [0.29, 0.717) is 35.3 Å². The third-order valence-corrected chi connectivity index (χ3v) is 5.57. The van der Waals surface area contributed by atoms with Gasteiger partial charge in [0, 0.05) is 29.2 Å². The Labute approximate surface area is 158 Å². The first-order valence-corrected chi connectivity index (χ1v) is 9.62. The van der Waals surface area contributed by atoms with Crippen LogP contribution in [0.15, 0.2) is 48.5 Å². The molecule has 4 nitrogen and oxygen atoms in total. The van der Waals surface area contributed by atoms with Gasteiger partial charge >= 0.3 is 6.09 Å². The molecule has 2 unspecified atom stereocenters. The number of fused-ring (bicyclic) bond motifs is 2. The van der Waals surface area contributed by atoms with E-state index >= 15 is 0 Å². The summed E-state index contributed by atoms with van der Waals surface area (Å²) < 4.78 is 5.59. The van der Waals surface area contributed by atoms with E-state index in [0.717, 1.165) is 24.0 Å². The number of ether oxygens (including phenoxy) is 1. The van der Waals surface area contributed by atoms with E-state index in [1.54, 1.807) is 6.07 Å². The van der Waals surface area contributed by atoms with Crippen LogP contribution >= 0.6 is 11.6 Å². The van der Waals surface area contributed by atoms with E-state index < -0.39 is 6.09 Å². The first-order valence-electron chi connectivity index (χ1n) is 9.24. The highest BCUT2D eigenvalue weighted by Gasteiger charge is 2.33. The molecule has 2 bridgehead atoms. The number of rotatable bonds is 4. The van der Waals surface area contributed by atoms with Crippen molar-refractivity contribution in [3.8, 4) is 16.9 Å². The van der Waals surface area contributed by atoms with Crippen molar-refractivity contribution in [3.63, 3.8) is 0 Å². The molecule has 2 heterocycles. The molecule has 0 aliphatic carbocycles. The minimum atomic E-state index is -0.398. The fourth-order valence-electron chi connectivity index (χ4n) is 4.16. The Balaban J connectivity index is 1.39. The second-order valence-corrected chi connectivity index (χ2v) is 7.69. The summed E-state index contributed by atoms with van der Waals surface area (Å²) in [6, 6.07) is 16.3. The number of para-hydroxylation sites is 1. The molecule has 2 saturated heterocycles. The van der Waals surface area contributed by atoms with Gasteiger partial charge in [0.2, 0.25) is 0 Å². The van der Waals surface area contributed by atoms with Crippen LogP contribution < -0.4 is 15.4 Å². The number of amides is 1. The Hall–Kier alpha value is -2.04. The maximum absolute atomic E-state index is 12.3. The van der Waals surface area contributed by atoms with Crippen LogP contribution in [0.4, 0.5) is 4.79 Å². The zero-order valence-corrected chi connectivity index (χ0v) is 15.3. The summed E-state index contributed by atoms with van der Waals surface area (Å²) in [7, 11) is 0. The summed E-state index contributed by atoms with van der Waals surface area (Å²) in [6.45, 7) is 0.673. The Kier molecular flexibility index (Phi) is 5.14. The maximum Gasteiger partial charge on any atom is 0.412 e. The number of nitrogens with one attached hydrogen (secondary N) is 2. The maximum atomic E-state index is 12.3.